The third-order valence-electron chi connectivity index (χ3n) is 2.76. The topological polar surface area (TPSA) is 108 Å². The lowest BCUT2D eigenvalue weighted by molar-refractivity contribution is 0.100. The predicted octanol–water partition coefficient (Wildman–Crippen LogP) is 1.30. The van der Waals surface area contributed by atoms with Gasteiger partial charge >= 0.3 is 0 Å². The van der Waals surface area contributed by atoms with E-state index in [0.29, 0.717) is 16.4 Å². The van der Waals surface area contributed by atoms with Crippen LogP contribution in [-0.4, -0.2) is 38.0 Å². The molecular formula is C13H21N5OS. The van der Waals surface area contributed by atoms with Crippen molar-refractivity contribution in [2.45, 2.75) is 13.8 Å². The predicted molar refractivity (Wildman–Crippen MR) is 82.8 cm³/mol. The van der Waals surface area contributed by atoms with Crippen molar-refractivity contribution in [2.24, 2.45) is 11.1 Å². The van der Waals surface area contributed by atoms with E-state index in [2.05, 4.69) is 24.1 Å². The minimum Gasteiger partial charge on any atom is -0.396 e. The van der Waals surface area contributed by atoms with Crippen molar-refractivity contribution in [1.29, 1.82) is 5.26 Å². The average molecular weight is 295 g/mol. The number of nitriles is 1. The molecule has 1 heterocycles. The van der Waals surface area contributed by atoms with Crippen molar-refractivity contribution in [1.82, 2.24) is 4.90 Å². The molecule has 0 aliphatic heterocycles. The average Bonchev–Trinajstić information content (AvgIpc) is 2.61. The van der Waals surface area contributed by atoms with Crippen LogP contribution in [0.2, 0.25) is 0 Å². The second kappa shape index (κ2) is 6.11. The molecule has 1 aromatic rings. The van der Waals surface area contributed by atoms with Crippen LogP contribution in [0, 0.1) is 16.7 Å². The number of anilines is 2. The lowest BCUT2D eigenvalue weighted by Crippen LogP contribution is -2.34. The summed E-state index contributed by atoms with van der Waals surface area (Å²) < 4.78 is 0. The number of nitrogens with two attached hydrogens (primary N) is 2. The molecule has 0 aromatic carbocycles. The van der Waals surface area contributed by atoms with E-state index in [1.807, 2.05) is 20.2 Å². The molecule has 6 nitrogen and oxygen atoms in total. The first-order valence-electron chi connectivity index (χ1n) is 6.18. The van der Waals surface area contributed by atoms with Crippen LogP contribution in [0.1, 0.15) is 29.1 Å². The van der Waals surface area contributed by atoms with Crippen molar-refractivity contribution in [3.8, 4) is 6.07 Å². The molecule has 0 fully saturated rings. The van der Waals surface area contributed by atoms with Gasteiger partial charge in [-0.05, 0) is 19.5 Å². The lowest BCUT2D eigenvalue weighted by atomic mass is 9.93. The standard InChI is InChI=1S/C13H21N5OS/c1-13(2,7-18(3)4)6-17-12-9(11(16)19)10(15)8(5-14)20-12/h17H,6-7,15H2,1-4H3,(H2,16,19). The summed E-state index contributed by atoms with van der Waals surface area (Å²) in [7, 11) is 4.01. The molecule has 0 spiro atoms. The summed E-state index contributed by atoms with van der Waals surface area (Å²) in [6.07, 6.45) is 0. The number of nitrogen functional groups attached to an aromatic ring is 1. The zero-order chi connectivity index (χ0) is 15.5. The Balaban J connectivity index is 2.94. The second-order valence-corrected chi connectivity index (χ2v) is 6.80. The SMILES string of the molecule is CN(C)CC(C)(C)CNc1sc(C#N)c(N)c1C(N)=O. The Morgan fingerprint density at radius 1 is 1.50 bits per heavy atom. The number of nitrogens with one attached hydrogen (secondary N) is 1. The maximum absolute atomic E-state index is 11.5. The van der Waals surface area contributed by atoms with E-state index in [1.54, 1.807) is 0 Å². The zero-order valence-electron chi connectivity index (χ0n) is 12.3. The number of primary amides is 1. The Morgan fingerprint density at radius 3 is 2.55 bits per heavy atom. The number of hydrogen-bond donors (Lipinski definition) is 3. The van der Waals surface area contributed by atoms with Crippen LogP contribution in [0.4, 0.5) is 10.7 Å². The molecule has 0 saturated heterocycles. The van der Waals surface area contributed by atoms with Crippen LogP contribution in [0.3, 0.4) is 0 Å². The Bertz CT molecular complexity index is 542. The van der Waals surface area contributed by atoms with Crippen LogP contribution >= 0.6 is 11.3 Å². The summed E-state index contributed by atoms with van der Waals surface area (Å²) in [5.41, 5.74) is 11.5. The molecule has 7 heteroatoms. The monoisotopic (exact) mass is 295 g/mol. The van der Waals surface area contributed by atoms with Gasteiger partial charge in [-0.2, -0.15) is 5.26 Å². The summed E-state index contributed by atoms with van der Waals surface area (Å²) in [6.45, 7) is 5.77. The first kappa shape index (κ1) is 16.3. The van der Waals surface area contributed by atoms with Crippen LogP contribution in [0.5, 0.6) is 0 Å². The van der Waals surface area contributed by atoms with E-state index in [1.165, 1.54) is 0 Å². The molecule has 0 radical (unpaired) electrons. The molecule has 0 aliphatic carbocycles. The summed E-state index contributed by atoms with van der Waals surface area (Å²) in [4.78, 5) is 13.9. The molecule has 0 aliphatic rings. The number of rotatable bonds is 6. The normalized spacial score (nSPS) is 11.4. The molecule has 0 atom stereocenters. The van der Waals surface area contributed by atoms with Crippen molar-refractivity contribution in [3.63, 3.8) is 0 Å². The quantitative estimate of drug-likeness (QED) is 0.733. The van der Waals surface area contributed by atoms with Crippen LogP contribution < -0.4 is 16.8 Å². The molecule has 0 saturated carbocycles. The summed E-state index contributed by atoms with van der Waals surface area (Å²) >= 11 is 1.16. The highest BCUT2D eigenvalue weighted by Gasteiger charge is 2.23. The van der Waals surface area contributed by atoms with Gasteiger partial charge in [0.15, 0.2) is 0 Å². The van der Waals surface area contributed by atoms with Gasteiger partial charge in [-0.1, -0.05) is 13.8 Å². The Labute approximate surface area is 123 Å². The third-order valence-corrected chi connectivity index (χ3v) is 3.83. The first-order valence-corrected chi connectivity index (χ1v) is 7.00. The Kier molecular flexibility index (Phi) is 4.98. The maximum atomic E-state index is 11.5. The highest BCUT2D eigenvalue weighted by Crippen LogP contribution is 2.35. The first-order chi connectivity index (χ1) is 9.18. The van der Waals surface area contributed by atoms with Gasteiger partial charge in [0.25, 0.3) is 5.91 Å². The van der Waals surface area contributed by atoms with Crippen molar-refractivity contribution >= 4 is 27.9 Å². The largest absolute Gasteiger partial charge is 0.396 e. The molecule has 110 valence electrons. The van der Waals surface area contributed by atoms with Crippen LogP contribution in [-0.2, 0) is 0 Å². The summed E-state index contributed by atoms with van der Waals surface area (Å²) in [6, 6.07) is 1.98. The molecule has 5 N–H and O–H groups in total. The third kappa shape index (κ3) is 3.85. The molecule has 20 heavy (non-hydrogen) atoms. The molecule has 0 bridgehead atoms. The molecule has 1 rings (SSSR count). The minimum atomic E-state index is -0.617. The highest BCUT2D eigenvalue weighted by molar-refractivity contribution is 7.17. The van der Waals surface area contributed by atoms with E-state index in [4.69, 9.17) is 16.7 Å². The maximum Gasteiger partial charge on any atom is 0.253 e. The summed E-state index contributed by atoms with van der Waals surface area (Å²) in [5.74, 6) is -0.617. The van der Waals surface area contributed by atoms with E-state index >= 15 is 0 Å². The number of carbonyl (C=O) groups excluding carboxylic acids is 1. The number of nitrogens with zero attached hydrogens (tertiary/aromatic N) is 2. The van der Waals surface area contributed by atoms with Gasteiger partial charge in [-0.3, -0.25) is 4.79 Å². The molecule has 1 aromatic heterocycles. The van der Waals surface area contributed by atoms with E-state index in [-0.39, 0.29) is 16.7 Å². The van der Waals surface area contributed by atoms with E-state index in [0.717, 1.165) is 17.9 Å². The zero-order valence-corrected chi connectivity index (χ0v) is 13.1. The van der Waals surface area contributed by atoms with Gasteiger partial charge in [0, 0.05) is 13.1 Å². The number of hydrogen-bond acceptors (Lipinski definition) is 6. The summed E-state index contributed by atoms with van der Waals surface area (Å²) in [5, 5.41) is 12.7. The number of thiophene rings is 1. The Hall–Kier alpha value is -1.78. The number of carbonyl (C=O) groups is 1. The highest BCUT2D eigenvalue weighted by atomic mass is 32.1. The van der Waals surface area contributed by atoms with Gasteiger partial charge in [-0.25, -0.2) is 0 Å². The van der Waals surface area contributed by atoms with Gasteiger partial charge in [0.05, 0.1) is 11.3 Å². The van der Waals surface area contributed by atoms with Crippen LogP contribution in [0.15, 0.2) is 0 Å². The lowest BCUT2D eigenvalue weighted by Gasteiger charge is -2.28. The van der Waals surface area contributed by atoms with Crippen LogP contribution in [0.25, 0.3) is 0 Å². The van der Waals surface area contributed by atoms with Gasteiger partial charge in [0.2, 0.25) is 0 Å². The van der Waals surface area contributed by atoms with Crippen molar-refractivity contribution < 1.29 is 4.79 Å². The number of amides is 1. The van der Waals surface area contributed by atoms with Gasteiger partial charge in [0.1, 0.15) is 15.9 Å². The molecule has 0 unspecified atom stereocenters. The van der Waals surface area contributed by atoms with E-state index in [9.17, 15) is 4.79 Å². The van der Waals surface area contributed by atoms with Crippen molar-refractivity contribution in [3.05, 3.63) is 10.4 Å². The fraction of sp³-hybridized carbons (Fsp3) is 0.538. The molecule has 1 amide bonds. The van der Waals surface area contributed by atoms with Crippen molar-refractivity contribution in [2.75, 3.05) is 38.2 Å². The fourth-order valence-corrected chi connectivity index (χ4v) is 3.05. The minimum absolute atomic E-state index is 0.00394. The fourth-order valence-electron chi connectivity index (χ4n) is 2.13. The van der Waals surface area contributed by atoms with E-state index < -0.39 is 5.91 Å². The Morgan fingerprint density at radius 2 is 2.10 bits per heavy atom. The molecular weight excluding hydrogens is 274 g/mol. The van der Waals surface area contributed by atoms with Gasteiger partial charge in [-0.15, -0.1) is 11.3 Å². The second-order valence-electron chi connectivity index (χ2n) is 5.78. The smallest absolute Gasteiger partial charge is 0.253 e. The van der Waals surface area contributed by atoms with Gasteiger partial charge < -0.3 is 21.7 Å².